The summed E-state index contributed by atoms with van der Waals surface area (Å²) in [6, 6.07) is 8.99. The predicted octanol–water partition coefficient (Wildman–Crippen LogP) is 4.68. The van der Waals surface area contributed by atoms with Gasteiger partial charge < -0.3 is 17.0 Å². The first-order valence-corrected chi connectivity index (χ1v) is 12.8. The molecule has 0 saturated carbocycles. The molecule has 25 heavy (non-hydrogen) atoms. The van der Waals surface area contributed by atoms with Crippen LogP contribution in [0.5, 0.6) is 0 Å². The highest BCUT2D eigenvalue weighted by molar-refractivity contribution is 7.75. The standard InChI is InChI=1S/C23H40P.BrH/c1-5-9-18-24(19-10-6-2,20-11-7-3)21-12-13-23-16-14-22(8-4)15-17-23;/h8,14-17H,4-7,9-13,18-21H2,1-3H3;1H/q+1;/p-1. The zero-order chi connectivity index (χ0) is 17.7. The Morgan fingerprint density at radius 1 is 0.760 bits per heavy atom. The van der Waals surface area contributed by atoms with Gasteiger partial charge in [-0.15, -0.1) is 0 Å². The van der Waals surface area contributed by atoms with Crippen LogP contribution in [0.1, 0.15) is 76.8 Å². The van der Waals surface area contributed by atoms with Gasteiger partial charge in [-0.3, -0.25) is 0 Å². The van der Waals surface area contributed by atoms with Gasteiger partial charge in [-0.05, 0) is 43.2 Å². The second-order valence-electron chi connectivity index (χ2n) is 7.35. The number of unbranched alkanes of at least 4 members (excludes halogenated alkanes) is 3. The second kappa shape index (κ2) is 15.0. The van der Waals surface area contributed by atoms with Crippen LogP contribution in [0.2, 0.25) is 0 Å². The summed E-state index contributed by atoms with van der Waals surface area (Å²) in [5.41, 5.74) is 2.73. The highest BCUT2D eigenvalue weighted by atomic mass is 79.9. The summed E-state index contributed by atoms with van der Waals surface area (Å²) in [4.78, 5) is 0. The molecule has 0 fully saturated rings. The summed E-state index contributed by atoms with van der Waals surface area (Å²) in [5.74, 6) is 0. The maximum Gasteiger partial charge on any atom is 0.0597 e. The summed E-state index contributed by atoms with van der Waals surface area (Å²) >= 11 is 0. The number of halogens is 1. The van der Waals surface area contributed by atoms with Crippen molar-refractivity contribution in [2.75, 3.05) is 24.6 Å². The van der Waals surface area contributed by atoms with Crippen molar-refractivity contribution in [2.24, 2.45) is 0 Å². The van der Waals surface area contributed by atoms with Crippen LogP contribution in [0.4, 0.5) is 0 Å². The average molecular weight is 427 g/mol. The quantitative estimate of drug-likeness (QED) is 0.378. The largest absolute Gasteiger partial charge is 1.00 e. The Labute approximate surface area is 169 Å². The van der Waals surface area contributed by atoms with Crippen molar-refractivity contribution >= 4 is 13.3 Å². The van der Waals surface area contributed by atoms with Crippen molar-refractivity contribution in [1.82, 2.24) is 0 Å². The second-order valence-corrected chi connectivity index (χ2v) is 11.8. The van der Waals surface area contributed by atoms with Gasteiger partial charge in [0.2, 0.25) is 0 Å². The van der Waals surface area contributed by atoms with Gasteiger partial charge >= 0.3 is 0 Å². The molecule has 0 unspecified atom stereocenters. The molecule has 2 heteroatoms. The van der Waals surface area contributed by atoms with E-state index in [0.717, 1.165) is 0 Å². The van der Waals surface area contributed by atoms with Crippen LogP contribution in [-0.4, -0.2) is 24.6 Å². The van der Waals surface area contributed by atoms with Crippen LogP contribution in [0.25, 0.3) is 6.08 Å². The van der Waals surface area contributed by atoms with Crippen LogP contribution in [-0.2, 0) is 6.42 Å². The van der Waals surface area contributed by atoms with Crippen molar-refractivity contribution < 1.29 is 17.0 Å². The van der Waals surface area contributed by atoms with Gasteiger partial charge in [0.25, 0.3) is 0 Å². The van der Waals surface area contributed by atoms with E-state index < -0.39 is 7.26 Å². The molecule has 1 aromatic rings. The normalized spacial score (nSPS) is 11.2. The van der Waals surface area contributed by atoms with Crippen LogP contribution in [0.15, 0.2) is 30.8 Å². The first kappa shape index (κ1) is 24.9. The maximum absolute atomic E-state index is 3.85. The first-order valence-electron chi connectivity index (χ1n) is 10.3. The third-order valence-corrected chi connectivity index (χ3v) is 10.3. The topological polar surface area (TPSA) is 0 Å². The monoisotopic (exact) mass is 426 g/mol. The Kier molecular flexibility index (Phi) is 14.9. The van der Waals surface area contributed by atoms with E-state index in [2.05, 4.69) is 51.6 Å². The molecule has 0 radical (unpaired) electrons. The third kappa shape index (κ3) is 9.95. The van der Waals surface area contributed by atoms with Crippen molar-refractivity contribution in [2.45, 2.75) is 72.1 Å². The van der Waals surface area contributed by atoms with Crippen molar-refractivity contribution in [3.05, 3.63) is 42.0 Å². The van der Waals surface area contributed by atoms with Crippen molar-refractivity contribution in [3.8, 4) is 0 Å². The fraction of sp³-hybridized carbons (Fsp3) is 0.652. The molecule has 0 heterocycles. The molecule has 0 aliphatic heterocycles. The van der Waals surface area contributed by atoms with Gasteiger partial charge in [0, 0.05) is 7.26 Å². The predicted molar refractivity (Wildman–Crippen MR) is 116 cm³/mol. The van der Waals surface area contributed by atoms with E-state index in [1.165, 1.54) is 68.7 Å². The van der Waals surface area contributed by atoms with E-state index in [0.29, 0.717) is 0 Å². The van der Waals surface area contributed by atoms with Gasteiger partial charge in [-0.2, -0.15) is 0 Å². The highest BCUT2D eigenvalue weighted by Gasteiger charge is 2.34. The molecule has 0 aliphatic carbocycles. The fourth-order valence-electron chi connectivity index (χ4n) is 3.59. The molecular formula is C23H40BrP. The minimum atomic E-state index is -0.714. The number of rotatable bonds is 14. The van der Waals surface area contributed by atoms with E-state index in [1.54, 1.807) is 18.5 Å². The van der Waals surface area contributed by atoms with E-state index >= 15 is 0 Å². The summed E-state index contributed by atoms with van der Waals surface area (Å²) in [6.45, 7) is 10.9. The van der Waals surface area contributed by atoms with Crippen LogP contribution >= 0.6 is 7.26 Å². The molecule has 0 spiro atoms. The summed E-state index contributed by atoms with van der Waals surface area (Å²) in [5, 5.41) is 0. The SMILES string of the molecule is C=Cc1ccc(CCC[P+](CCCC)(CCCC)CCCC)cc1.[Br-]. The van der Waals surface area contributed by atoms with Crippen LogP contribution in [0, 0.1) is 0 Å². The van der Waals surface area contributed by atoms with Crippen LogP contribution < -0.4 is 17.0 Å². The minimum absolute atomic E-state index is 0. The molecule has 0 nitrogen and oxygen atoms in total. The lowest BCUT2D eigenvalue weighted by molar-refractivity contribution is -0.00000528. The number of hydrogen-bond donors (Lipinski definition) is 0. The zero-order valence-electron chi connectivity index (χ0n) is 16.9. The maximum atomic E-state index is 3.85. The number of hydrogen-bond acceptors (Lipinski definition) is 0. The first-order chi connectivity index (χ1) is 11.7. The lowest BCUT2D eigenvalue weighted by atomic mass is 10.1. The van der Waals surface area contributed by atoms with Crippen molar-refractivity contribution in [1.29, 1.82) is 0 Å². The minimum Gasteiger partial charge on any atom is -1.00 e. The number of benzene rings is 1. The average Bonchev–Trinajstić information content (AvgIpc) is 2.63. The Hall–Kier alpha value is -0.130. The zero-order valence-corrected chi connectivity index (χ0v) is 19.4. The van der Waals surface area contributed by atoms with Gasteiger partial charge in [0.05, 0.1) is 24.6 Å². The Morgan fingerprint density at radius 2 is 1.20 bits per heavy atom. The summed E-state index contributed by atoms with van der Waals surface area (Å²) in [7, 11) is -0.714. The molecule has 1 rings (SSSR count). The fourth-order valence-corrected chi connectivity index (χ4v) is 8.72. The molecule has 0 bridgehead atoms. The molecule has 1 aromatic carbocycles. The van der Waals surface area contributed by atoms with E-state index in [1.807, 2.05) is 6.08 Å². The molecule has 0 saturated heterocycles. The molecule has 0 amide bonds. The molecule has 144 valence electrons. The third-order valence-electron chi connectivity index (χ3n) is 5.27. The Balaban J connectivity index is 0.00000576. The Bertz CT molecular complexity index is 416. The molecular weight excluding hydrogens is 387 g/mol. The molecule has 0 aliphatic rings. The summed E-state index contributed by atoms with van der Waals surface area (Å²) < 4.78 is 0. The Morgan fingerprint density at radius 3 is 1.60 bits per heavy atom. The van der Waals surface area contributed by atoms with Gasteiger partial charge in [0.1, 0.15) is 0 Å². The van der Waals surface area contributed by atoms with Crippen molar-refractivity contribution in [3.63, 3.8) is 0 Å². The summed E-state index contributed by atoms with van der Waals surface area (Å²) in [6.07, 6.45) is 19.2. The molecule has 0 atom stereocenters. The van der Waals surface area contributed by atoms with E-state index in [-0.39, 0.29) is 17.0 Å². The lowest BCUT2D eigenvalue weighted by Gasteiger charge is -2.28. The van der Waals surface area contributed by atoms with Gasteiger partial charge in [0.15, 0.2) is 0 Å². The van der Waals surface area contributed by atoms with Gasteiger partial charge in [-0.25, -0.2) is 0 Å². The van der Waals surface area contributed by atoms with Gasteiger partial charge in [-0.1, -0.05) is 77.0 Å². The van der Waals surface area contributed by atoms with Crippen LogP contribution in [0.3, 0.4) is 0 Å². The number of aryl methyl sites for hydroxylation is 1. The smallest absolute Gasteiger partial charge is 0.0597 e. The van der Waals surface area contributed by atoms with E-state index in [9.17, 15) is 0 Å². The highest BCUT2D eigenvalue weighted by Crippen LogP contribution is 2.61. The molecule has 0 aromatic heterocycles. The molecule has 0 N–H and O–H groups in total. The lowest BCUT2D eigenvalue weighted by Crippen LogP contribution is -3.00. The van der Waals surface area contributed by atoms with E-state index in [4.69, 9.17) is 0 Å².